The molecule has 0 unspecified atom stereocenters. The first-order valence-electron chi connectivity index (χ1n) is 20.8. The molecule has 7 atom stereocenters. The summed E-state index contributed by atoms with van der Waals surface area (Å²) in [7, 11) is 3.24. The van der Waals surface area contributed by atoms with Crippen LogP contribution in [-0.4, -0.2) is 65.9 Å². The van der Waals surface area contributed by atoms with Crippen LogP contribution in [0.1, 0.15) is 118 Å². The molecular weight excluding hydrogens is 701 g/mol. The lowest BCUT2D eigenvalue weighted by molar-refractivity contribution is -0.117. The molecule has 300 valence electrons. The summed E-state index contributed by atoms with van der Waals surface area (Å²) in [5.41, 5.74) is 3.29. The first-order chi connectivity index (χ1) is 26.7. The van der Waals surface area contributed by atoms with Gasteiger partial charge in [0.25, 0.3) is 0 Å². The smallest absolute Gasteiger partial charge is 0.321 e. The lowest BCUT2D eigenvalue weighted by atomic mass is 9.45. The first-order valence-corrected chi connectivity index (χ1v) is 20.8. The summed E-state index contributed by atoms with van der Waals surface area (Å²) in [6.07, 6.45) is 9.69. The molecule has 4 bridgehead atoms. The maximum absolute atomic E-state index is 14.5. The highest BCUT2D eigenvalue weighted by molar-refractivity contribution is 6.10. The largest absolute Gasteiger partial charge is 0.497 e. The second-order valence-corrected chi connectivity index (χ2v) is 18.2. The van der Waals surface area contributed by atoms with Gasteiger partial charge in [0, 0.05) is 28.8 Å². The fourth-order valence-corrected chi connectivity index (χ4v) is 11.0. The number of methoxy groups -OCH3 is 2. The van der Waals surface area contributed by atoms with Crippen LogP contribution in [0.15, 0.2) is 78.4 Å². The summed E-state index contributed by atoms with van der Waals surface area (Å²) in [5, 5.41) is 27.5. The maximum atomic E-state index is 14.5. The molecule has 6 aliphatic carbocycles. The molecule has 0 aliphatic heterocycles. The van der Waals surface area contributed by atoms with Gasteiger partial charge >= 0.3 is 6.03 Å². The maximum Gasteiger partial charge on any atom is 0.321 e. The number of ether oxygens (including phenoxy) is 2. The Morgan fingerprint density at radius 3 is 2.25 bits per heavy atom. The fourth-order valence-electron chi connectivity index (χ4n) is 11.0. The molecule has 0 aromatic heterocycles. The number of nitrogens with zero attached hydrogens (tertiary/aromatic N) is 1. The topological polar surface area (TPSA) is 108 Å². The van der Waals surface area contributed by atoms with Gasteiger partial charge < -0.3 is 29.9 Å². The summed E-state index contributed by atoms with van der Waals surface area (Å²) in [6, 6.07) is 20.5. The summed E-state index contributed by atoms with van der Waals surface area (Å²) in [6.45, 7) is 9.88. The van der Waals surface area contributed by atoms with E-state index in [1.165, 1.54) is 18.4 Å². The van der Waals surface area contributed by atoms with Crippen molar-refractivity contribution in [3.63, 3.8) is 0 Å². The number of benzene rings is 3. The molecule has 3 aromatic rings. The zero-order valence-corrected chi connectivity index (χ0v) is 34.3. The van der Waals surface area contributed by atoms with Crippen molar-refractivity contribution in [3.8, 4) is 11.5 Å². The lowest BCUT2D eigenvalue weighted by Crippen LogP contribution is -2.58. The molecule has 0 saturated heterocycles. The third-order valence-corrected chi connectivity index (χ3v) is 14.8. The minimum absolute atomic E-state index is 0.0844. The van der Waals surface area contributed by atoms with Gasteiger partial charge in [-0.3, -0.25) is 4.79 Å². The van der Waals surface area contributed by atoms with Gasteiger partial charge in [0.2, 0.25) is 0 Å². The Bertz CT molecular complexity index is 1920. The van der Waals surface area contributed by atoms with Crippen molar-refractivity contribution < 1.29 is 29.3 Å². The Hall–Kier alpha value is -4.14. The van der Waals surface area contributed by atoms with Gasteiger partial charge in [-0.25, -0.2) is 4.79 Å². The number of allylic oxidation sites excluding steroid dienone is 2. The van der Waals surface area contributed by atoms with Gasteiger partial charge in [-0.1, -0.05) is 44.6 Å². The SMILES string of the molecule is COc1ccc(NC(=O)N(C[C@@H]2CC[C@H]3C[C@@H]2C3(C)C)C[C@]2(O)CC[C@H]3c4ccc(cc4C(=O)c4ccc(OC)cc4)C[C@@H](O)CCC(C)=CCC[C@@]32C)cc1. The Labute approximate surface area is 333 Å². The van der Waals surface area contributed by atoms with Crippen molar-refractivity contribution in [2.24, 2.45) is 28.6 Å². The van der Waals surface area contributed by atoms with Gasteiger partial charge in [0.15, 0.2) is 5.78 Å². The third-order valence-electron chi connectivity index (χ3n) is 14.8. The van der Waals surface area contributed by atoms with Gasteiger partial charge in [-0.15, -0.1) is 0 Å². The molecule has 2 amide bonds. The predicted molar refractivity (Wildman–Crippen MR) is 222 cm³/mol. The van der Waals surface area contributed by atoms with Crippen LogP contribution in [0, 0.1) is 28.6 Å². The number of fused-ring (bicyclic) bond motifs is 10. The van der Waals surface area contributed by atoms with E-state index in [0.717, 1.165) is 42.1 Å². The second kappa shape index (κ2) is 16.0. The molecule has 56 heavy (non-hydrogen) atoms. The van der Waals surface area contributed by atoms with Gasteiger partial charge in [0.1, 0.15) is 11.5 Å². The van der Waals surface area contributed by atoms with Crippen molar-refractivity contribution in [1.29, 1.82) is 0 Å². The Kier molecular flexibility index (Phi) is 11.5. The van der Waals surface area contributed by atoms with Gasteiger partial charge in [0.05, 0.1) is 32.5 Å². The van der Waals surface area contributed by atoms with Crippen molar-refractivity contribution in [1.82, 2.24) is 4.90 Å². The molecular formula is C48H62N2O6. The number of aliphatic hydroxyl groups excluding tert-OH is 1. The van der Waals surface area contributed by atoms with Crippen LogP contribution in [0.4, 0.5) is 10.5 Å². The van der Waals surface area contributed by atoms with Crippen LogP contribution >= 0.6 is 0 Å². The number of carbonyl (C=O) groups excluding carboxylic acids is 2. The van der Waals surface area contributed by atoms with Crippen LogP contribution in [0.3, 0.4) is 0 Å². The molecule has 9 rings (SSSR count). The number of urea groups is 1. The number of hydrogen-bond acceptors (Lipinski definition) is 6. The second-order valence-electron chi connectivity index (χ2n) is 18.2. The number of hydrogen-bond donors (Lipinski definition) is 3. The van der Waals surface area contributed by atoms with Crippen LogP contribution in [0.2, 0.25) is 0 Å². The zero-order valence-electron chi connectivity index (χ0n) is 34.3. The van der Waals surface area contributed by atoms with Crippen molar-refractivity contribution in [2.75, 3.05) is 32.6 Å². The normalized spacial score (nSPS) is 29.6. The standard InChI is InChI=1S/C48H62N2O6/c1-31-8-7-24-47(4)42(40-22-10-32(26-37(51)17-9-31)27-41(40)44(52)33-12-18-38(55-5)19-13-33)23-25-48(47,54)30-50(29-34-11-14-35-28-43(34)46(35,2)3)45(53)49-36-15-20-39(56-6)21-16-36/h8,10,12-13,15-16,18-22,27,34-35,37,42-43,51,54H,7,9,11,14,17,23-26,28-30H2,1-6H3,(H,49,53)/t34-,35-,37-,42-,43-,47-,48+/m0/s1. The molecule has 3 N–H and O–H groups in total. The van der Waals surface area contributed by atoms with Crippen LogP contribution in [0.25, 0.3) is 0 Å². The van der Waals surface area contributed by atoms with E-state index in [1.54, 1.807) is 26.4 Å². The Morgan fingerprint density at radius 2 is 1.59 bits per heavy atom. The van der Waals surface area contributed by atoms with Crippen molar-refractivity contribution >= 4 is 17.5 Å². The van der Waals surface area contributed by atoms with Gasteiger partial charge in [-0.2, -0.15) is 0 Å². The number of aliphatic hydroxyl groups is 2. The number of ketones is 1. The summed E-state index contributed by atoms with van der Waals surface area (Å²) >= 11 is 0. The number of rotatable bonds is 9. The van der Waals surface area contributed by atoms with E-state index in [-0.39, 0.29) is 29.7 Å². The number of carbonyl (C=O) groups is 2. The zero-order chi connectivity index (χ0) is 39.8. The molecule has 8 heteroatoms. The average Bonchev–Trinajstić information content (AvgIpc) is 3.45. The quantitative estimate of drug-likeness (QED) is 0.148. The Morgan fingerprint density at radius 1 is 0.893 bits per heavy atom. The average molecular weight is 763 g/mol. The van der Waals surface area contributed by atoms with E-state index in [2.05, 4.69) is 51.2 Å². The molecule has 0 heterocycles. The van der Waals surface area contributed by atoms with E-state index in [0.29, 0.717) is 73.0 Å². The molecule has 4 saturated carbocycles. The van der Waals surface area contributed by atoms with Crippen LogP contribution in [-0.2, 0) is 6.42 Å². The highest BCUT2D eigenvalue weighted by Gasteiger charge is 2.59. The van der Waals surface area contributed by atoms with E-state index in [4.69, 9.17) is 9.47 Å². The molecule has 0 spiro atoms. The molecule has 0 radical (unpaired) electrons. The van der Waals surface area contributed by atoms with E-state index < -0.39 is 17.1 Å². The Balaban J connectivity index is 1.26. The fraction of sp³-hybridized carbons (Fsp3) is 0.542. The first kappa shape index (κ1) is 40.1. The third kappa shape index (κ3) is 7.76. The lowest BCUT2D eigenvalue weighted by Gasteiger charge is -2.60. The van der Waals surface area contributed by atoms with Gasteiger partial charge in [-0.05, 0) is 166 Å². The predicted octanol–water partition coefficient (Wildman–Crippen LogP) is 9.58. The minimum atomic E-state index is -1.23. The molecule has 4 fully saturated rings. The van der Waals surface area contributed by atoms with Crippen molar-refractivity contribution in [3.05, 3.63) is 101 Å². The number of anilines is 1. The number of nitrogens with one attached hydrogen (secondary N) is 1. The highest BCUT2D eigenvalue weighted by atomic mass is 16.5. The van der Waals surface area contributed by atoms with E-state index in [1.807, 2.05) is 47.4 Å². The summed E-state index contributed by atoms with van der Waals surface area (Å²) in [5.74, 6) is 2.82. The van der Waals surface area contributed by atoms with Crippen LogP contribution < -0.4 is 14.8 Å². The number of amides is 2. The van der Waals surface area contributed by atoms with E-state index in [9.17, 15) is 19.8 Å². The highest BCUT2D eigenvalue weighted by Crippen LogP contribution is 2.62. The van der Waals surface area contributed by atoms with Crippen LogP contribution in [0.5, 0.6) is 11.5 Å². The van der Waals surface area contributed by atoms with Crippen molar-refractivity contribution in [2.45, 2.75) is 110 Å². The summed E-state index contributed by atoms with van der Waals surface area (Å²) < 4.78 is 10.7. The molecule has 8 nitrogen and oxygen atoms in total. The monoisotopic (exact) mass is 762 g/mol. The van der Waals surface area contributed by atoms with E-state index >= 15 is 0 Å². The molecule has 3 aromatic carbocycles. The molecule has 6 aliphatic rings. The minimum Gasteiger partial charge on any atom is -0.497 e. The summed E-state index contributed by atoms with van der Waals surface area (Å²) in [4.78, 5) is 30.9.